The molecular formula is C31H44F3N7O2. The van der Waals surface area contributed by atoms with Gasteiger partial charge in [-0.1, -0.05) is 31.1 Å². The maximum Gasteiger partial charge on any atom is 0.412 e. The van der Waals surface area contributed by atoms with E-state index in [1.807, 2.05) is 18.4 Å². The highest BCUT2D eigenvalue weighted by Crippen LogP contribution is 2.53. The number of hydrogen-bond acceptors (Lipinski definition) is 9. The van der Waals surface area contributed by atoms with Crippen molar-refractivity contribution in [3.63, 3.8) is 0 Å². The minimum atomic E-state index is -4.40. The number of hydrogen-bond donors (Lipinski definition) is 5. The van der Waals surface area contributed by atoms with Crippen molar-refractivity contribution in [2.24, 2.45) is 26.5 Å². The molecule has 12 heteroatoms. The number of nitrogens with zero attached hydrogens (tertiary/aromatic N) is 3. The van der Waals surface area contributed by atoms with Gasteiger partial charge in [0.15, 0.2) is 0 Å². The van der Waals surface area contributed by atoms with Crippen LogP contribution in [0.3, 0.4) is 0 Å². The van der Waals surface area contributed by atoms with Gasteiger partial charge in [-0.25, -0.2) is 4.99 Å². The summed E-state index contributed by atoms with van der Waals surface area (Å²) < 4.78 is 45.0. The predicted octanol–water partition coefficient (Wildman–Crippen LogP) is 2.87. The molecule has 5 unspecified atom stereocenters. The van der Waals surface area contributed by atoms with Crippen LogP contribution < -0.4 is 21.7 Å². The number of allylic oxidation sites excluding steroid dienone is 2. The summed E-state index contributed by atoms with van der Waals surface area (Å²) in [6.07, 6.45) is 8.69. The topological polar surface area (TPSA) is 120 Å². The third kappa shape index (κ3) is 6.87. The molecule has 1 saturated carbocycles. The molecule has 2 saturated heterocycles. The molecule has 4 aliphatic heterocycles. The zero-order valence-electron chi connectivity index (χ0n) is 24.8. The van der Waals surface area contributed by atoms with E-state index >= 15 is 0 Å². The normalized spacial score (nSPS) is 32.2. The fourth-order valence-corrected chi connectivity index (χ4v) is 7.28. The number of aliphatic imine (C=N–C) groups is 2. The standard InChI is InChI=1S/C31H44F3N7O2/c1-29(18-43-19-29)16-41-13-3-2-9-30(17-41)15-23(30)39-25(26-27(35)38-12-11-37-26)20-4-6-21(7-5-20)28(42)40-24-14-22(8-10-36-24)31(32,33)34/h4,6,11-12,14,23,25-26,28,37,39,42H,2-3,5,7-10,13,15-19H2,1H3,(H2,35,38)(H,36,40). The van der Waals surface area contributed by atoms with Crippen molar-refractivity contribution in [3.05, 3.63) is 47.3 Å². The van der Waals surface area contributed by atoms with Gasteiger partial charge in [0.2, 0.25) is 0 Å². The highest BCUT2D eigenvalue weighted by molar-refractivity contribution is 5.94. The summed E-state index contributed by atoms with van der Waals surface area (Å²) >= 11 is 0. The number of amidine groups is 2. The van der Waals surface area contributed by atoms with Gasteiger partial charge >= 0.3 is 6.18 Å². The van der Waals surface area contributed by atoms with Crippen molar-refractivity contribution in [2.45, 2.75) is 82.4 Å². The number of ether oxygens (including phenoxy) is 1. The lowest BCUT2D eigenvalue weighted by molar-refractivity contribution is -0.116. The van der Waals surface area contributed by atoms with Gasteiger partial charge in [-0.05, 0) is 62.1 Å². The van der Waals surface area contributed by atoms with Gasteiger partial charge in [0.25, 0.3) is 0 Å². The van der Waals surface area contributed by atoms with Crippen molar-refractivity contribution >= 4 is 11.7 Å². The minimum absolute atomic E-state index is 0.0385. The molecule has 0 aromatic heterocycles. The third-order valence-electron chi connectivity index (χ3n) is 9.83. The second kappa shape index (κ2) is 12.0. The van der Waals surface area contributed by atoms with E-state index in [-0.39, 0.29) is 41.7 Å². The zero-order valence-corrected chi connectivity index (χ0v) is 24.8. The zero-order chi connectivity index (χ0) is 30.2. The summed E-state index contributed by atoms with van der Waals surface area (Å²) in [5.41, 5.74) is 8.11. The molecular weight excluding hydrogens is 559 g/mol. The van der Waals surface area contributed by atoms with Crippen LogP contribution in [0.2, 0.25) is 0 Å². The Morgan fingerprint density at radius 1 is 1.21 bits per heavy atom. The van der Waals surface area contributed by atoms with Crippen molar-refractivity contribution in [1.29, 1.82) is 0 Å². The summed E-state index contributed by atoms with van der Waals surface area (Å²) in [7, 11) is 0. The Labute approximate surface area is 251 Å². The van der Waals surface area contributed by atoms with E-state index < -0.39 is 18.0 Å². The number of likely N-dealkylation sites (tertiary alicyclic amines) is 1. The monoisotopic (exact) mass is 603 g/mol. The molecule has 0 aromatic carbocycles. The number of dihydropyridines is 1. The van der Waals surface area contributed by atoms with Crippen molar-refractivity contribution in [2.75, 3.05) is 39.4 Å². The fraction of sp³-hybridized carbons (Fsp3) is 0.677. The summed E-state index contributed by atoms with van der Waals surface area (Å²) in [6.45, 7) is 7.34. The Morgan fingerprint density at radius 3 is 2.70 bits per heavy atom. The summed E-state index contributed by atoms with van der Waals surface area (Å²) in [5.74, 6) is 0.578. The van der Waals surface area contributed by atoms with E-state index in [1.54, 1.807) is 6.20 Å². The van der Waals surface area contributed by atoms with Gasteiger partial charge in [-0.15, -0.1) is 0 Å². The Bertz CT molecular complexity index is 1250. The van der Waals surface area contributed by atoms with E-state index in [0.29, 0.717) is 30.3 Å². The fourth-order valence-electron chi connectivity index (χ4n) is 7.28. The number of alkyl halides is 3. The van der Waals surface area contributed by atoms with Crippen molar-refractivity contribution in [3.8, 4) is 0 Å². The molecule has 6 aliphatic rings. The molecule has 6 rings (SSSR count). The van der Waals surface area contributed by atoms with Gasteiger partial charge in [0.05, 0.1) is 19.3 Å². The Hall–Kier alpha value is -2.67. The van der Waals surface area contributed by atoms with Crippen LogP contribution >= 0.6 is 0 Å². The third-order valence-corrected chi connectivity index (χ3v) is 9.83. The lowest BCUT2D eigenvalue weighted by atomic mass is 9.87. The van der Waals surface area contributed by atoms with Gasteiger partial charge < -0.3 is 36.4 Å². The molecule has 3 fully saturated rings. The number of nitrogens with one attached hydrogen (secondary N) is 3. The van der Waals surface area contributed by atoms with Crippen LogP contribution in [-0.4, -0.2) is 91.6 Å². The van der Waals surface area contributed by atoms with Gasteiger partial charge in [-0.2, -0.15) is 13.2 Å². The second-order valence-electron chi connectivity index (χ2n) is 13.5. The molecule has 236 valence electrons. The number of rotatable bonds is 8. The maximum absolute atomic E-state index is 13.2. The van der Waals surface area contributed by atoms with Crippen LogP contribution in [0.5, 0.6) is 0 Å². The molecule has 43 heavy (non-hydrogen) atoms. The van der Waals surface area contributed by atoms with Crippen LogP contribution in [0.4, 0.5) is 13.2 Å². The van der Waals surface area contributed by atoms with Crippen LogP contribution in [0.15, 0.2) is 57.3 Å². The van der Waals surface area contributed by atoms with Crippen LogP contribution in [0.25, 0.3) is 0 Å². The molecule has 0 aromatic rings. The first kappa shape index (κ1) is 30.4. The largest absolute Gasteiger partial charge is 0.412 e. The summed E-state index contributed by atoms with van der Waals surface area (Å²) in [6, 6.07) is 0.0686. The average Bonchev–Trinajstić information content (AvgIpc) is 3.69. The first-order chi connectivity index (χ1) is 20.5. The molecule has 9 nitrogen and oxygen atoms in total. The Balaban J connectivity index is 1.14. The van der Waals surface area contributed by atoms with Crippen molar-refractivity contribution in [1.82, 2.24) is 20.9 Å². The first-order valence-electron chi connectivity index (χ1n) is 15.5. The SMILES string of the molecule is CC1(CN2CCCCC3(CC3NC(C3=CC=C(C(O)NC4=NCCC(C(F)(F)F)=C4)CC3)C3NC=CN=C3N)C2)COC1. The van der Waals surface area contributed by atoms with E-state index in [2.05, 4.69) is 37.8 Å². The molecule has 0 amide bonds. The van der Waals surface area contributed by atoms with Gasteiger partial charge in [0, 0.05) is 49.1 Å². The molecule has 6 N–H and O–H groups in total. The Morgan fingerprint density at radius 2 is 2.00 bits per heavy atom. The predicted molar refractivity (Wildman–Crippen MR) is 160 cm³/mol. The summed E-state index contributed by atoms with van der Waals surface area (Å²) in [5, 5.41) is 21.0. The van der Waals surface area contributed by atoms with Crippen LogP contribution in [0, 0.1) is 10.8 Å². The molecule has 5 atom stereocenters. The Kier molecular flexibility index (Phi) is 8.49. The molecule has 2 aliphatic carbocycles. The average molecular weight is 604 g/mol. The smallest absolute Gasteiger partial charge is 0.385 e. The number of aliphatic hydroxyl groups excluding tert-OH is 1. The number of nitrogens with two attached hydrogens (primary N) is 1. The lowest BCUT2D eigenvalue weighted by Gasteiger charge is -2.42. The van der Waals surface area contributed by atoms with E-state index in [4.69, 9.17) is 10.5 Å². The second-order valence-corrected chi connectivity index (χ2v) is 13.5. The van der Waals surface area contributed by atoms with E-state index in [1.165, 1.54) is 19.3 Å². The van der Waals surface area contributed by atoms with E-state index in [9.17, 15) is 18.3 Å². The highest BCUT2D eigenvalue weighted by Gasteiger charge is 2.56. The number of aliphatic hydroxyl groups is 1. The van der Waals surface area contributed by atoms with Crippen molar-refractivity contribution < 1.29 is 23.0 Å². The van der Waals surface area contributed by atoms with Crippen LogP contribution in [0.1, 0.15) is 51.9 Å². The molecule has 0 radical (unpaired) electrons. The first-order valence-corrected chi connectivity index (χ1v) is 15.5. The highest BCUT2D eigenvalue weighted by atomic mass is 19.4. The maximum atomic E-state index is 13.2. The molecule has 1 spiro atoms. The van der Waals surface area contributed by atoms with Crippen LogP contribution in [-0.2, 0) is 4.74 Å². The molecule has 4 heterocycles. The quantitative estimate of drug-likeness (QED) is 0.271. The lowest BCUT2D eigenvalue weighted by Crippen LogP contribution is -2.56. The number of halogens is 3. The molecule has 0 bridgehead atoms. The summed E-state index contributed by atoms with van der Waals surface area (Å²) in [4.78, 5) is 11.1. The minimum Gasteiger partial charge on any atom is -0.385 e. The van der Waals surface area contributed by atoms with Gasteiger partial charge in [0.1, 0.15) is 23.9 Å². The van der Waals surface area contributed by atoms with E-state index in [0.717, 1.165) is 50.9 Å². The van der Waals surface area contributed by atoms with Gasteiger partial charge in [-0.3, -0.25) is 4.99 Å².